The maximum atomic E-state index is 11.7. The molecule has 0 bridgehead atoms. The van der Waals surface area contributed by atoms with E-state index in [1.54, 1.807) is 0 Å². The minimum atomic E-state index is -0.448. The fraction of sp³-hybridized carbons (Fsp3) is 0.714. The third-order valence-electron chi connectivity index (χ3n) is 2.59. The Balaban J connectivity index is 2.64. The average Bonchev–Trinajstić information content (AvgIpc) is 2.53. The quantitative estimate of drug-likeness (QED) is 0.673. The summed E-state index contributed by atoms with van der Waals surface area (Å²) in [5, 5.41) is 4.28. The van der Waals surface area contributed by atoms with Crippen LogP contribution in [-0.2, 0) is 21.4 Å². The zero-order valence-corrected chi connectivity index (χ0v) is 12.8. The van der Waals surface area contributed by atoms with Crippen molar-refractivity contribution >= 4 is 5.97 Å². The second-order valence-electron chi connectivity index (χ2n) is 6.80. The first-order valence-corrected chi connectivity index (χ1v) is 6.55. The predicted octanol–water partition coefficient (Wildman–Crippen LogP) is 2.17. The van der Waals surface area contributed by atoms with Crippen LogP contribution in [0.25, 0.3) is 0 Å². The SMILES string of the molecule is CC(C)(C)OC(=O)CCc1cc(C(C)(C)C)nn1N. The predicted molar refractivity (Wildman–Crippen MR) is 75.2 cm³/mol. The smallest absolute Gasteiger partial charge is 0.306 e. The maximum Gasteiger partial charge on any atom is 0.306 e. The van der Waals surface area contributed by atoms with Gasteiger partial charge in [-0.25, -0.2) is 0 Å². The van der Waals surface area contributed by atoms with E-state index in [9.17, 15) is 4.79 Å². The first kappa shape index (κ1) is 15.5. The fourth-order valence-electron chi connectivity index (χ4n) is 1.61. The summed E-state index contributed by atoms with van der Waals surface area (Å²) in [6.45, 7) is 11.8. The Morgan fingerprint density at radius 1 is 1.32 bits per heavy atom. The Bertz CT molecular complexity index is 450. The Kier molecular flexibility index (Phi) is 4.28. The van der Waals surface area contributed by atoms with E-state index in [0.29, 0.717) is 12.8 Å². The van der Waals surface area contributed by atoms with Crippen molar-refractivity contribution in [1.82, 2.24) is 9.89 Å². The van der Waals surface area contributed by atoms with Crippen LogP contribution in [0.4, 0.5) is 0 Å². The van der Waals surface area contributed by atoms with Gasteiger partial charge in [0.15, 0.2) is 0 Å². The van der Waals surface area contributed by atoms with Gasteiger partial charge >= 0.3 is 5.97 Å². The van der Waals surface area contributed by atoms with Gasteiger partial charge in [-0.05, 0) is 26.8 Å². The average molecular weight is 267 g/mol. The van der Waals surface area contributed by atoms with Crippen LogP contribution in [0.5, 0.6) is 0 Å². The van der Waals surface area contributed by atoms with E-state index in [2.05, 4.69) is 25.9 Å². The van der Waals surface area contributed by atoms with Crippen molar-refractivity contribution in [2.75, 3.05) is 5.84 Å². The lowest BCUT2D eigenvalue weighted by atomic mass is 9.92. The summed E-state index contributed by atoms with van der Waals surface area (Å²) in [5.74, 6) is 5.59. The van der Waals surface area contributed by atoms with Gasteiger partial charge in [-0.2, -0.15) is 9.89 Å². The lowest BCUT2D eigenvalue weighted by Crippen LogP contribution is -2.24. The molecular weight excluding hydrogens is 242 g/mol. The minimum absolute atomic E-state index is 0.0503. The van der Waals surface area contributed by atoms with Crippen LogP contribution in [0.1, 0.15) is 59.4 Å². The Morgan fingerprint density at radius 3 is 2.32 bits per heavy atom. The molecule has 0 fully saturated rings. The molecule has 0 saturated heterocycles. The van der Waals surface area contributed by atoms with Crippen molar-refractivity contribution in [1.29, 1.82) is 0 Å². The molecule has 0 aliphatic heterocycles. The van der Waals surface area contributed by atoms with Crippen LogP contribution >= 0.6 is 0 Å². The number of hydrogen-bond donors (Lipinski definition) is 1. The molecule has 0 atom stereocenters. The van der Waals surface area contributed by atoms with Gasteiger partial charge in [0.05, 0.1) is 17.8 Å². The van der Waals surface area contributed by atoms with Gasteiger partial charge in [0, 0.05) is 11.8 Å². The molecule has 0 saturated carbocycles. The molecule has 5 nitrogen and oxygen atoms in total. The number of rotatable bonds is 3. The molecule has 1 aromatic rings. The topological polar surface area (TPSA) is 70.1 Å². The monoisotopic (exact) mass is 267 g/mol. The summed E-state index contributed by atoms with van der Waals surface area (Å²) in [6.07, 6.45) is 0.845. The molecule has 1 aromatic heterocycles. The van der Waals surface area contributed by atoms with Crippen molar-refractivity contribution in [3.05, 3.63) is 17.5 Å². The normalized spacial score (nSPS) is 12.5. The maximum absolute atomic E-state index is 11.7. The van der Waals surface area contributed by atoms with Gasteiger partial charge < -0.3 is 10.6 Å². The summed E-state index contributed by atoms with van der Waals surface area (Å²) in [6, 6.07) is 1.95. The van der Waals surface area contributed by atoms with Gasteiger partial charge in [-0.3, -0.25) is 4.79 Å². The summed E-state index contributed by atoms with van der Waals surface area (Å²) in [7, 11) is 0. The Morgan fingerprint density at radius 2 is 1.89 bits per heavy atom. The van der Waals surface area contributed by atoms with E-state index < -0.39 is 5.60 Å². The van der Waals surface area contributed by atoms with Crippen molar-refractivity contribution in [3.8, 4) is 0 Å². The largest absolute Gasteiger partial charge is 0.460 e. The second kappa shape index (κ2) is 5.23. The molecule has 108 valence electrons. The number of nitrogen functional groups attached to an aromatic ring is 1. The molecule has 0 aromatic carbocycles. The summed E-state index contributed by atoms with van der Waals surface area (Å²) >= 11 is 0. The standard InChI is InChI=1S/C14H25N3O2/c1-13(2,3)11-9-10(17(15)16-11)7-8-12(18)19-14(4,5)6/h9H,7-8,15H2,1-6H3. The van der Waals surface area contributed by atoms with Crippen LogP contribution < -0.4 is 5.84 Å². The van der Waals surface area contributed by atoms with Crippen molar-refractivity contribution in [2.24, 2.45) is 0 Å². The molecule has 0 aliphatic carbocycles. The van der Waals surface area contributed by atoms with Crippen LogP contribution in [0.2, 0.25) is 0 Å². The Hall–Kier alpha value is -1.52. The molecule has 0 spiro atoms. The Labute approximate surface area is 115 Å². The highest BCUT2D eigenvalue weighted by molar-refractivity contribution is 5.70. The molecule has 0 radical (unpaired) electrons. The molecule has 0 amide bonds. The number of nitrogens with zero attached hydrogens (tertiary/aromatic N) is 2. The number of hydrogen-bond acceptors (Lipinski definition) is 4. The van der Waals surface area contributed by atoms with Gasteiger partial charge in [0.25, 0.3) is 0 Å². The number of esters is 1. The summed E-state index contributed by atoms with van der Waals surface area (Å²) in [4.78, 5) is 13.0. The van der Waals surface area contributed by atoms with Crippen molar-refractivity contribution in [3.63, 3.8) is 0 Å². The zero-order valence-electron chi connectivity index (χ0n) is 12.8. The molecule has 1 rings (SSSR count). The van der Waals surface area contributed by atoms with Gasteiger partial charge in [-0.15, -0.1) is 0 Å². The molecule has 1 heterocycles. The van der Waals surface area contributed by atoms with Crippen LogP contribution in [0.3, 0.4) is 0 Å². The van der Waals surface area contributed by atoms with E-state index in [-0.39, 0.29) is 11.4 Å². The molecule has 0 unspecified atom stereocenters. The molecule has 2 N–H and O–H groups in total. The highest BCUT2D eigenvalue weighted by Crippen LogP contribution is 2.21. The molecule has 5 heteroatoms. The van der Waals surface area contributed by atoms with Gasteiger partial charge in [-0.1, -0.05) is 20.8 Å². The molecule has 0 aliphatic rings. The number of carbonyl (C=O) groups excluding carboxylic acids is 1. The van der Waals surface area contributed by atoms with Crippen molar-refractivity contribution < 1.29 is 9.53 Å². The number of carbonyl (C=O) groups is 1. The van der Waals surface area contributed by atoms with Crippen LogP contribution in [0.15, 0.2) is 6.07 Å². The van der Waals surface area contributed by atoms with Crippen LogP contribution in [-0.4, -0.2) is 21.5 Å². The minimum Gasteiger partial charge on any atom is -0.460 e. The molecule has 19 heavy (non-hydrogen) atoms. The zero-order chi connectivity index (χ0) is 14.8. The second-order valence-corrected chi connectivity index (χ2v) is 6.80. The van der Waals surface area contributed by atoms with E-state index in [0.717, 1.165) is 11.4 Å². The first-order valence-electron chi connectivity index (χ1n) is 6.55. The lowest BCUT2D eigenvalue weighted by Gasteiger charge is -2.19. The highest BCUT2D eigenvalue weighted by Gasteiger charge is 2.20. The van der Waals surface area contributed by atoms with E-state index in [4.69, 9.17) is 10.6 Å². The van der Waals surface area contributed by atoms with E-state index >= 15 is 0 Å². The van der Waals surface area contributed by atoms with Gasteiger partial charge in [0.2, 0.25) is 0 Å². The fourth-order valence-corrected chi connectivity index (χ4v) is 1.61. The van der Waals surface area contributed by atoms with E-state index in [1.807, 2.05) is 26.8 Å². The van der Waals surface area contributed by atoms with Crippen molar-refractivity contribution in [2.45, 2.75) is 65.4 Å². The number of ether oxygens (including phenoxy) is 1. The molecular formula is C14H25N3O2. The third-order valence-corrected chi connectivity index (χ3v) is 2.59. The number of nitrogens with two attached hydrogens (primary N) is 1. The third kappa shape index (κ3) is 4.93. The number of aromatic nitrogens is 2. The number of aryl methyl sites for hydroxylation is 1. The van der Waals surface area contributed by atoms with Crippen LogP contribution in [0, 0.1) is 0 Å². The summed E-state index contributed by atoms with van der Waals surface area (Å²) < 4.78 is 5.26. The first-order chi connectivity index (χ1) is 8.49. The lowest BCUT2D eigenvalue weighted by molar-refractivity contribution is -0.154. The van der Waals surface area contributed by atoms with E-state index in [1.165, 1.54) is 4.79 Å². The highest BCUT2D eigenvalue weighted by atomic mass is 16.6. The van der Waals surface area contributed by atoms with Gasteiger partial charge in [0.1, 0.15) is 5.60 Å². The summed E-state index contributed by atoms with van der Waals surface area (Å²) in [5.41, 5.74) is 1.27.